The van der Waals surface area contributed by atoms with Crippen molar-refractivity contribution in [3.8, 4) is 11.1 Å². The Hall–Kier alpha value is -5.93. The smallest absolute Gasteiger partial charge is 0.138 e. The van der Waals surface area contributed by atoms with E-state index in [1.54, 1.807) is 6.20 Å². The van der Waals surface area contributed by atoms with Gasteiger partial charge in [0, 0.05) is 40.2 Å². The molecule has 0 saturated carbocycles. The number of rotatable bonds is 4. The summed E-state index contributed by atoms with van der Waals surface area (Å²) in [6, 6.07) is 52.1. The lowest BCUT2D eigenvalue weighted by molar-refractivity contribution is 0.668. The van der Waals surface area contributed by atoms with Crippen LogP contribution in [0, 0.1) is 0 Å². The average molecular weight is 563 g/mol. The van der Waals surface area contributed by atoms with Crippen LogP contribution in [0.25, 0.3) is 65.4 Å². The third-order valence-electron chi connectivity index (χ3n) is 8.71. The van der Waals surface area contributed by atoms with Gasteiger partial charge in [0.25, 0.3) is 0 Å². The SMILES string of the molecule is c1ccc(N(c2ccc(-c3ccc4ccc5ccc6ccccc6c5c4c3)cc2)c2ccc3oc4ccncc4c3c2)cc1. The molecule has 0 N–H and O–H groups in total. The van der Waals surface area contributed by atoms with Gasteiger partial charge in [-0.2, -0.15) is 0 Å². The Morgan fingerprint density at radius 2 is 1.09 bits per heavy atom. The number of benzene rings is 7. The van der Waals surface area contributed by atoms with Gasteiger partial charge in [0.05, 0.1) is 0 Å². The molecule has 9 rings (SSSR count). The Bertz CT molecular complexity index is 2490. The summed E-state index contributed by atoms with van der Waals surface area (Å²) in [6.45, 7) is 0. The van der Waals surface area contributed by atoms with E-state index < -0.39 is 0 Å². The highest BCUT2D eigenvalue weighted by Crippen LogP contribution is 2.40. The van der Waals surface area contributed by atoms with Gasteiger partial charge in [-0.1, -0.05) is 91.0 Å². The molecular weight excluding hydrogens is 536 g/mol. The zero-order chi connectivity index (χ0) is 29.0. The molecule has 0 atom stereocenters. The molecule has 3 nitrogen and oxygen atoms in total. The zero-order valence-electron chi connectivity index (χ0n) is 23.8. The number of hydrogen-bond donors (Lipinski definition) is 0. The first-order valence-electron chi connectivity index (χ1n) is 14.9. The van der Waals surface area contributed by atoms with E-state index in [9.17, 15) is 0 Å². The Morgan fingerprint density at radius 1 is 0.432 bits per heavy atom. The third kappa shape index (κ3) is 3.94. The Kier molecular flexibility index (Phi) is 5.50. The van der Waals surface area contributed by atoms with Crippen molar-refractivity contribution in [1.82, 2.24) is 4.98 Å². The van der Waals surface area contributed by atoms with Crippen molar-refractivity contribution in [2.45, 2.75) is 0 Å². The summed E-state index contributed by atoms with van der Waals surface area (Å²) in [5.41, 5.74) is 7.33. The predicted molar refractivity (Wildman–Crippen MR) is 184 cm³/mol. The summed E-state index contributed by atoms with van der Waals surface area (Å²) in [5.74, 6) is 0. The van der Waals surface area contributed by atoms with E-state index in [2.05, 4.69) is 149 Å². The summed E-state index contributed by atoms with van der Waals surface area (Å²) in [6.07, 6.45) is 3.64. The lowest BCUT2D eigenvalue weighted by Gasteiger charge is -2.25. The van der Waals surface area contributed by atoms with Gasteiger partial charge in [0.1, 0.15) is 11.2 Å². The molecule has 0 aliphatic carbocycles. The van der Waals surface area contributed by atoms with Crippen LogP contribution in [0.1, 0.15) is 0 Å². The molecule has 0 spiro atoms. The van der Waals surface area contributed by atoms with Gasteiger partial charge in [0.2, 0.25) is 0 Å². The van der Waals surface area contributed by atoms with E-state index in [1.807, 2.05) is 12.3 Å². The minimum atomic E-state index is 0.846. The summed E-state index contributed by atoms with van der Waals surface area (Å²) >= 11 is 0. The van der Waals surface area contributed by atoms with E-state index in [0.29, 0.717) is 0 Å². The zero-order valence-corrected chi connectivity index (χ0v) is 23.8. The van der Waals surface area contributed by atoms with Crippen LogP contribution in [0.3, 0.4) is 0 Å². The monoisotopic (exact) mass is 562 g/mol. The van der Waals surface area contributed by atoms with Crippen molar-refractivity contribution in [3.05, 3.63) is 158 Å². The predicted octanol–water partition coefficient (Wildman–Crippen LogP) is 11.6. The molecule has 2 heterocycles. The fraction of sp³-hybridized carbons (Fsp3) is 0. The molecule has 3 heteroatoms. The number of para-hydroxylation sites is 1. The Labute approximate surface area is 254 Å². The number of nitrogens with zero attached hydrogens (tertiary/aromatic N) is 2. The molecular formula is C41H26N2O. The largest absolute Gasteiger partial charge is 0.456 e. The van der Waals surface area contributed by atoms with E-state index >= 15 is 0 Å². The van der Waals surface area contributed by atoms with Crippen molar-refractivity contribution >= 4 is 71.3 Å². The first kappa shape index (κ1) is 24.6. The highest BCUT2D eigenvalue weighted by atomic mass is 16.3. The molecule has 0 bridgehead atoms. The molecule has 0 radical (unpaired) electrons. The Morgan fingerprint density at radius 3 is 1.95 bits per heavy atom. The van der Waals surface area contributed by atoms with Crippen LogP contribution >= 0.6 is 0 Å². The van der Waals surface area contributed by atoms with Crippen LogP contribution in [0.5, 0.6) is 0 Å². The maximum Gasteiger partial charge on any atom is 0.138 e. The lowest BCUT2D eigenvalue weighted by atomic mass is 9.94. The van der Waals surface area contributed by atoms with Gasteiger partial charge in [-0.05, 0) is 98.0 Å². The van der Waals surface area contributed by atoms with Gasteiger partial charge in [0.15, 0.2) is 0 Å². The topological polar surface area (TPSA) is 29.3 Å². The van der Waals surface area contributed by atoms with E-state index in [0.717, 1.165) is 39.0 Å². The molecule has 44 heavy (non-hydrogen) atoms. The molecule has 2 aromatic heterocycles. The van der Waals surface area contributed by atoms with Crippen LogP contribution in [0.2, 0.25) is 0 Å². The van der Waals surface area contributed by atoms with Crippen LogP contribution in [0.4, 0.5) is 17.1 Å². The minimum Gasteiger partial charge on any atom is -0.456 e. The van der Waals surface area contributed by atoms with Gasteiger partial charge < -0.3 is 9.32 Å². The second-order valence-corrected chi connectivity index (χ2v) is 11.3. The normalized spacial score (nSPS) is 11.6. The molecule has 0 aliphatic heterocycles. The molecule has 0 fully saturated rings. The van der Waals surface area contributed by atoms with E-state index in [4.69, 9.17) is 4.42 Å². The highest BCUT2D eigenvalue weighted by Gasteiger charge is 2.16. The maximum absolute atomic E-state index is 6.09. The van der Waals surface area contributed by atoms with Gasteiger partial charge >= 0.3 is 0 Å². The standard InChI is InChI=1S/C41H26N2O/c1-2-7-32(8-3-1)43(34-20-21-39-37(25-34)38-26-42-23-22-40(38)44-39)33-18-16-27(17-19-33)31-15-12-29-11-14-30-13-10-28-6-4-5-9-35(28)41(30)36(29)24-31/h1-26H. The number of fused-ring (bicyclic) bond motifs is 8. The average Bonchev–Trinajstić information content (AvgIpc) is 3.47. The maximum atomic E-state index is 6.09. The number of pyridine rings is 1. The van der Waals surface area contributed by atoms with E-state index in [-0.39, 0.29) is 0 Å². The summed E-state index contributed by atoms with van der Waals surface area (Å²) < 4.78 is 6.09. The first-order chi connectivity index (χ1) is 21.8. The van der Waals surface area contributed by atoms with Crippen LogP contribution in [0.15, 0.2) is 162 Å². The Balaban J connectivity index is 1.17. The summed E-state index contributed by atoms with van der Waals surface area (Å²) in [5, 5.41) is 9.74. The first-order valence-corrected chi connectivity index (χ1v) is 14.9. The molecule has 206 valence electrons. The van der Waals surface area contributed by atoms with Crippen molar-refractivity contribution in [2.24, 2.45) is 0 Å². The number of anilines is 3. The highest BCUT2D eigenvalue weighted by molar-refractivity contribution is 6.20. The van der Waals surface area contributed by atoms with Crippen LogP contribution in [-0.4, -0.2) is 4.98 Å². The second-order valence-electron chi connectivity index (χ2n) is 11.3. The number of furan rings is 1. The second kappa shape index (κ2) is 9.82. The quantitative estimate of drug-likeness (QED) is 0.200. The molecule has 7 aromatic carbocycles. The van der Waals surface area contributed by atoms with Gasteiger partial charge in [-0.3, -0.25) is 4.98 Å². The number of hydrogen-bond acceptors (Lipinski definition) is 3. The van der Waals surface area contributed by atoms with E-state index in [1.165, 1.54) is 43.4 Å². The van der Waals surface area contributed by atoms with Crippen LogP contribution in [-0.2, 0) is 0 Å². The molecule has 0 amide bonds. The molecule has 9 aromatic rings. The van der Waals surface area contributed by atoms with Crippen molar-refractivity contribution in [2.75, 3.05) is 4.90 Å². The summed E-state index contributed by atoms with van der Waals surface area (Å²) in [4.78, 5) is 6.63. The van der Waals surface area contributed by atoms with Gasteiger partial charge in [-0.15, -0.1) is 0 Å². The number of aromatic nitrogens is 1. The minimum absolute atomic E-state index is 0.846. The summed E-state index contributed by atoms with van der Waals surface area (Å²) in [7, 11) is 0. The van der Waals surface area contributed by atoms with Gasteiger partial charge in [-0.25, -0.2) is 0 Å². The van der Waals surface area contributed by atoms with Crippen molar-refractivity contribution < 1.29 is 4.42 Å². The molecule has 0 unspecified atom stereocenters. The van der Waals surface area contributed by atoms with Crippen molar-refractivity contribution in [1.29, 1.82) is 0 Å². The fourth-order valence-corrected chi connectivity index (χ4v) is 6.58. The fourth-order valence-electron chi connectivity index (χ4n) is 6.58. The van der Waals surface area contributed by atoms with Crippen LogP contribution < -0.4 is 4.90 Å². The molecule has 0 aliphatic rings. The lowest BCUT2D eigenvalue weighted by Crippen LogP contribution is -2.09. The van der Waals surface area contributed by atoms with Crippen molar-refractivity contribution in [3.63, 3.8) is 0 Å². The third-order valence-corrected chi connectivity index (χ3v) is 8.71. The molecule has 0 saturated heterocycles.